The summed E-state index contributed by atoms with van der Waals surface area (Å²) in [6.07, 6.45) is 1.85. The van der Waals surface area contributed by atoms with E-state index in [2.05, 4.69) is 33.0 Å². The molecule has 1 saturated heterocycles. The molecular weight excluding hydrogens is 300 g/mol. The first kappa shape index (κ1) is 16.7. The maximum Gasteiger partial charge on any atom is 0.128 e. The first-order valence-electron chi connectivity index (χ1n) is 8.65. The van der Waals surface area contributed by atoms with E-state index in [-0.39, 0.29) is 6.04 Å². The normalized spacial score (nSPS) is 16.8. The summed E-state index contributed by atoms with van der Waals surface area (Å²) in [5, 5.41) is 0. The second-order valence-corrected chi connectivity index (χ2v) is 5.93. The summed E-state index contributed by atoms with van der Waals surface area (Å²) in [4.78, 5) is 9.24. The molecule has 0 radical (unpaired) electrons. The second kappa shape index (κ2) is 8.13. The number of hydrogen-bond donors (Lipinski definition) is 1. The minimum Gasteiger partial charge on any atom is -0.494 e. The lowest BCUT2D eigenvalue weighted by atomic mass is 10.0. The molecule has 5 nitrogen and oxygen atoms in total. The largest absolute Gasteiger partial charge is 0.494 e. The van der Waals surface area contributed by atoms with Crippen molar-refractivity contribution in [3.05, 3.63) is 54.2 Å². The van der Waals surface area contributed by atoms with Gasteiger partial charge in [-0.05, 0) is 25.1 Å². The Balaban J connectivity index is 1.70. The van der Waals surface area contributed by atoms with Gasteiger partial charge in [0, 0.05) is 44.5 Å². The highest BCUT2D eigenvalue weighted by molar-refractivity contribution is 5.39. The van der Waals surface area contributed by atoms with Crippen molar-refractivity contribution in [2.45, 2.75) is 13.0 Å². The minimum absolute atomic E-state index is 0.193. The van der Waals surface area contributed by atoms with Crippen LogP contribution < -0.4 is 15.4 Å². The van der Waals surface area contributed by atoms with Gasteiger partial charge in [-0.15, -0.1) is 0 Å². The van der Waals surface area contributed by atoms with Gasteiger partial charge in [0.05, 0.1) is 12.6 Å². The minimum atomic E-state index is 0.193. The fourth-order valence-electron chi connectivity index (χ4n) is 3.32. The Kier molecular flexibility index (Phi) is 5.67. The van der Waals surface area contributed by atoms with Gasteiger partial charge in [0.2, 0.25) is 0 Å². The van der Waals surface area contributed by atoms with Crippen molar-refractivity contribution in [2.24, 2.45) is 5.73 Å². The molecule has 24 heavy (non-hydrogen) atoms. The molecule has 5 heteroatoms. The van der Waals surface area contributed by atoms with Crippen LogP contribution in [0.25, 0.3) is 0 Å². The lowest BCUT2D eigenvalue weighted by molar-refractivity contribution is 0.185. The first-order chi connectivity index (χ1) is 11.8. The van der Waals surface area contributed by atoms with Gasteiger partial charge in [-0.25, -0.2) is 4.98 Å². The van der Waals surface area contributed by atoms with E-state index >= 15 is 0 Å². The summed E-state index contributed by atoms with van der Waals surface area (Å²) in [5.74, 6) is 2.00. The molecule has 1 aliphatic heterocycles. The van der Waals surface area contributed by atoms with Gasteiger partial charge in [-0.1, -0.05) is 24.3 Å². The van der Waals surface area contributed by atoms with E-state index in [9.17, 15) is 0 Å². The van der Waals surface area contributed by atoms with Crippen LogP contribution >= 0.6 is 0 Å². The zero-order valence-corrected chi connectivity index (χ0v) is 14.3. The molecule has 2 heterocycles. The molecule has 128 valence electrons. The average molecular weight is 326 g/mol. The van der Waals surface area contributed by atoms with Crippen LogP contribution in [0.15, 0.2) is 48.7 Å². The predicted octanol–water partition coefficient (Wildman–Crippen LogP) is 2.30. The third-order valence-corrected chi connectivity index (χ3v) is 4.53. The lowest BCUT2D eigenvalue weighted by Gasteiger charge is -2.39. The van der Waals surface area contributed by atoms with Gasteiger partial charge < -0.3 is 15.4 Å². The highest BCUT2D eigenvalue weighted by Crippen LogP contribution is 2.30. The molecule has 0 amide bonds. The van der Waals surface area contributed by atoms with Crippen LogP contribution in [0.2, 0.25) is 0 Å². The number of hydrogen-bond acceptors (Lipinski definition) is 5. The average Bonchev–Trinajstić information content (AvgIpc) is 2.65. The van der Waals surface area contributed by atoms with E-state index in [0.29, 0.717) is 13.2 Å². The summed E-state index contributed by atoms with van der Waals surface area (Å²) < 4.78 is 5.80. The van der Waals surface area contributed by atoms with E-state index in [1.165, 1.54) is 5.56 Å². The van der Waals surface area contributed by atoms with Crippen molar-refractivity contribution in [3.8, 4) is 5.75 Å². The molecule has 0 bridgehead atoms. The summed E-state index contributed by atoms with van der Waals surface area (Å²) in [6, 6.07) is 14.5. The lowest BCUT2D eigenvalue weighted by Crippen LogP contribution is -2.49. The molecular formula is C19H26N4O. The predicted molar refractivity (Wildman–Crippen MR) is 97.4 cm³/mol. The number of anilines is 1. The first-order valence-corrected chi connectivity index (χ1v) is 8.65. The van der Waals surface area contributed by atoms with E-state index in [1.54, 1.807) is 0 Å². The highest BCUT2D eigenvalue weighted by Gasteiger charge is 2.26. The number of para-hydroxylation sites is 1. The fraction of sp³-hybridized carbons (Fsp3) is 0.421. The van der Waals surface area contributed by atoms with Crippen molar-refractivity contribution in [1.82, 2.24) is 9.88 Å². The zero-order chi connectivity index (χ0) is 16.8. The van der Waals surface area contributed by atoms with Gasteiger partial charge >= 0.3 is 0 Å². The van der Waals surface area contributed by atoms with Crippen molar-refractivity contribution >= 4 is 5.82 Å². The van der Waals surface area contributed by atoms with E-state index in [0.717, 1.165) is 37.7 Å². The number of nitrogens with zero attached hydrogens (tertiary/aromatic N) is 3. The van der Waals surface area contributed by atoms with Gasteiger partial charge in [-0.3, -0.25) is 4.90 Å². The monoisotopic (exact) mass is 326 g/mol. The van der Waals surface area contributed by atoms with E-state index in [1.807, 2.05) is 37.4 Å². The second-order valence-electron chi connectivity index (χ2n) is 5.93. The Hall–Kier alpha value is -2.11. The van der Waals surface area contributed by atoms with Crippen molar-refractivity contribution in [2.75, 3.05) is 44.2 Å². The highest BCUT2D eigenvalue weighted by atomic mass is 16.5. The fourth-order valence-corrected chi connectivity index (χ4v) is 3.32. The summed E-state index contributed by atoms with van der Waals surface area (Å²) in [5.41, 5.74) is 7.31. The maximum atomic E-state index is 6.12. The quantitative estimate of drug-likeness (QED) is 0.883. The Labute approximate surface area is 144 Å². The van der Waals surface area contributed by atoms with Crippen molar-refractivity contribution < 1.29 is 4.74 Å². The number of nitrogens with two attached hydrogens (primary N) is 1. The van der Waals surface area contributed by atoms with Crippen molar-refractivity contribution in [1.29, 1.82) is 0 Å². The molecule has 1 aliphatic rings. The molecule has 1 aromatic carbocycles. The summed E-state index contributed by atoms with van der Waals surface area (Å²) in [6.45, 7) is 7.14. The number of aromatic nitrogens is 1. The van der Waals surface area contributed by atoms with Crippen molar-refractivity contribution in [3.63, 3.8) is 0 Å². The zero-order valence-electron chi connectivity index (χ0n) is 14.3. The maximum absolute atomic E-state index is 6.12. The molecule has 2 N–H and O–H groups in total. The molecule has 1 aromatic heterocycles. The van der Waals surface area contributed by atoms with Crippen LogP contribution in [0.3, 0.4) is 0 Å². The Morgan fingerprint density at radius 1 is 1.08 bits per heavy atom. The van der Waals surface area contributed by atoms with Crippen LogP contribution in [0, 0.1) is 0 Å². The van der Waals surface area contributed by atoms with E-state index in [4.69, 9.17) is 10.5 Å². The van der Waals surface area contributed by atoms with Crippen LogP contribution in [-0.4, -0.2) is 49.2 Å². The van der Waals surface area contributed by atoms with Crippen LogP contribution in [0.5, 0.6) is 5.75 Å². The molecule has 2 aromatic rings. The van der Waals surface area contributed by atoms with Crippen LogP contribution in [0.1, 0.15) is 18.5 Å². The summed E-state index contributed by atoms with van der Waals surface area (Å²) in [7, 11) is 0. The molecule has 0 spiro atoms. The van der Waals surface area contributed by atoms with Gasteiger partial charge in [-0.2, -0.15) is 0 Å². The Morgan fingerprint density at radius 3 is 2.50 bits per heavy atom. The number of pyridine rings is 1. The standard InChI is InChI=1S/C19H26N4O/c1-2-24-18-8-4-3-7-16(18)17(15-20)22-11-13-23(14-12-22)19-9-5-6-10-21-19/h3-10,17H,2,11-15,20H2,1H3. The number of ether oxygens (including phenoxy) is 1. The molecule has 1 unspecified atom stereocenters. The molecule has 1 fully saturated rings. The molecule has 0 aliphatic carbocycles. The number of benzene rings is 1. The third-order valence-electron chi connectivity index (χ3n) is 4.53. The molecule has 0 saturated carbocycles. The van der Waals surface area contributed by atoms with E-state index < -0.39 is 0 Å². The van der Waals surface area contributed by atoms with Gasteiger partial charge in [0.25, 0.3) is 0 Å². The Morgan fingerprint density at radius 2 is 1.83 bits per heavy atom. The SMILES string of the molecule is CCOc1ccccc1C(CN)N1CCN(c2ccccn2)CC1. The molecule has 3 rings (SSSR count). The Bertz CT molecular complexity index is 626. The van der Waals surface area contributed by atoms with Gasteiger partial charge in [0.1, 0.15) is 11.6 Å². The van der Waals surface area contributed by atoms with Gasteiger partial charge in [0.15, 0.2) is 0 Å². The summed E-state index contributed by atoms with van der Waals surface area (Å²) >= 11 is 0. The number of piperazine rings is 1. The smallest absolute Gasteiger partial charge is 0.128 e. The topological polar surface area (TPSA) is 54.6 Å². The van der Waals surface area contributed by atoms with Crippen LogP contribution in [-0.2, 0) is 0 Å². The molecule has 1 atom stereocenters. The third kappa shape index (κ3) is 3.68. The van der Waals surface area contributed by atoms with Crippen LogP contribution in [0.4, 0.5) is 5.82 Å². The number of rotatable bonds is 6.